The summed E-state index contributed by atoms with van der Waals surface area (Å²) in [4.78, 5) is 12.2. The van der Waals surface area contributed by atoms with Gasteiger partial charge in [-0.25, -0.2) is 0 Å². The lowest BCUT2D eigenvalue weighted by atomic mass is 9.83. The van der Waals surface area contributed by atoms with E-state index < -0.39 is 0 Å². The van der Waals surface area contributed by atoms with Gasteiger partial charge in [0.2, 0.25) is 5.91 Å². The van der Waals surface area contributed by atoms with Crippen molar-refractivity contribution in [1.29, 1.82) is 0 Å². The largest absolute Gasteiger partial charge is 0.491 e. The second-order valence-electron chi connectivity index (χ2n) is 5.83. The molecule has 1 aromatic carbocycles. The SMILES string of the molecule is COCCOc1cccc(NC(=O)CC2CCCCC2N)c1.Cl. The maximum Gasteiger partial charge on any atom is 0.224 e. The maximum absolute atomic E-state index is 12.2. The lowest BCUT2D eigenvalue weighted by Crippen LogP contribution is -2.35. The highest BCUT2D eigenvalue weighted by Gasteiger charge is 2.24. The second-order valence-corrected chi connectivity index (χ2v) is 5.83. The number of benzene rings is 1. The van der Waals surface area contributed by atoms with E-state index in [4.69, 9.17) is 15.2 Å². The van der Waals surface area contributed by atoms with Gasteiger partial charge in [0.15, 0.2) is 0 Å². The van der Waals surface area contributed by atoms with Crippen molar-refractivity contribution in [3.05, 3.63) is 24.3 Å². The number of amides is 1. The zero-order chi connectivity index (χ0) is 15.8. The Morgan fingerprint density at radius 2 is 2.09 bits per heavy atom. The van der Waals surface area contributed by atoms with E-state index in [1.165, 1.54) is 12.8 Å². The van der Waals surface area contributed by atoms with Crippen LogP contribution in [0.3, 0.4) is 0 Å². The fourth-order valence-electron chi connectivity index (χ4n) is 2.85. The lowest BCUT2D eigenvalue weighted by Gasteiger charge is -2.27. The normalized spacial score (nSPS) is 20.4. The first-order valence-electron chi connectivity index (χ1n) is 7.96. The number of nitrogens with one attached hydrogen (secondary N) is 1. The van der Waals surface area contributed by atoms with Crippen molar-refractivity contribution in [2.75, 3.05) is 25.6 Å². The molecule has 2 atom stereocenters. The summed E-state index contributed by atoms with van der Waals surface area (Å²) in [6, 6.07) is 7.58. The molecule has 2 rings (SSSR count). The molecule has 0 radical (unpaired) electrons. The molecule has 0 spiro atoms. The molecule has 130 valence electrons. The van der Waals surface area contributed by atoms with Crippen LogP contribution in [0.4, 0.5) is 5.69 Å². The van der Waals surface area contributed by atoms with Crippen LogP contribution in [0.25, 0.3) is 0 Å². The minimum absolute atomic E-state index is 0. The van der Waals surface area contributed by atoms with E-state index in [1.807, 2.05) is 24.3 Å². The van der Waals surface area contributed by atoms with Gasteiger partial charge >= 0.3 is 0 Å². The Hall–Kier alpha value is -1.30. The van der Waals surface area contributed by atoms with Crippen LogP contribution in [0.2, 0.25) is 0 Å². The zero-order valence-corrected chi connectivity index (χ0v) is 14.4. The van der Waals surface area contributed by atoms with E-state index in [2.05, 4.69) is 5.32 Å². The Labute approximate surface area is 144 Å². The smallest absolute Gasteiger partial charge is 0.224 e. The number of halogens is 1. The molecular weight excluding hydrogens is 316 g/mol. The fraction of sp³-hybridized carbons (Fsp3) is 0.588. The molecule has 0 heterocycles. The van der Waals surface area contributed by atoms with Gasteiger partial charge in [0.1, 0.15) is 12.4 Å². The average Bonchev–Trinajstić information content (AvgIpc) is 2.50. The predicted molar refractivity (Wildman–Crippen MR) is 94.2 cm³/mol. The van der Waals surface area contributed by atoms with E-state index >= 15 is 0 Å². The highest BCUT2D eigenvalue weighted by Crippen LogP contribution is 2.26. The summed E-state index contributed by atoms with van der Waals surface area (Å²) in [6.07, 6.45) is 4.93. The van der Waals surface area contributed by atoms with Crippen molar-refractivity contribution >= 4 is 24.0 Å². The van der Waals surface area contributed by atoms with Gasteiger partial charge in [-0.3, -0.25) is 4.79 Å². The molecule has 0 bridgehead atoms. The van der Waals surface area contributed by atoms with Crippen LogP contribution in [0.15, 0.2) is 24.3 Å². The van der Waals surface area contributed by atoms with E-state index in [9.17, 15) is 4.79 Å². The van der Waals surface area contributed by atoms with Crippen LogP contribution in [0.1, 0.15) is 32.1 Å². The molecule has 1 aromatic rings. The topological polar surface area (TPSA) is 73.6 Å². The van der Waals surface area contributed by atoms with Gasteiger partial charge in [-0.15, -0.1) is 12.4 Å². The number of rotatable bonds is 7. The lowest BCUT2D eigenvalue weighted by molar-refractivity contribution is -0.117. The standard InChI is InChI=1S/C17H26N2O3.ClH/c1-21-9-10-22-15-7-4-6-14(12-15)19-17(20)11-13-5-2-3-8-16(13)18;/h4,6-7,12-13,16H,2-3,5,8-11,18H2,1H3,(H,19,20);1H. The highest BCUT2D eigenvalue weighted by atomic mass is 35.5. The number of ether oxygens (including phenoxy) is 2. The van der Waals surface area contributed by atoms with Crippen molar-refractivity contribution in [3.8, 4) is 5.75 Å². The van der Waals surface area contributed by atoms with E-state index in [0.717, 1.165) is 24.3 Å². The Bertz CT molecular complexity index is 485. The number of hydrogen-bond acceptors (Lipinski definition) is 4. The minimum Gasteiger partial charge on any atom is -0.491 e. The third-order valence-corrected chi connectivity index (χ3v) is 4.09. The highest BCUT2D eigenvalue weighted by molar-refractivity contribution is 5.91. The Kier molecular flexibility index (Phi) is 8.99. The third-order valence-electron chi connectivity index (χ3n) is 4.09. The number of methoxy groups -OCH3 is 1. The van der Waals surface area contributed by atoms with Gasteiger partial charge in [0.05, 0.1) is 6.61 Å². The van der Waals surface area contributed by atoms with Crippen LogP contribution in [0.5, 0.6) is 5.75 Å². The van der Waals surface area contributed by atoms with E-state index in [0.29, 0.717) is 25.6 Å². The zero-order valence-electron chi connectivity index (χ0n) is 13.6. The van der Waals surface area contributed by atoms with Crippen LogP contribution >= 0.6 is 12.4 Å². The molecule has 3 N–H and O–H groups in total. The number of nitrogens with two attached hydrogens (primary N) is 1. The van der Waals surface area contributed by atoms with Crippen LogP contribution < -0.4 is 15.8 Å². The van der Waals surface area contributed by atoms with Crippen molar-refractivity contribution < 1.29 is 14.3 Å². The molecule has 1 amide bonds. The Morgan fingerprint density at radius 1 is 1.30 bits per heavy atom. The first-order valence-corrected chi connectivity index (χ1v) is 7.96. The third kappa shape index (κ3) is 6.77. The summed E-state index contributed by atoms with van der Waals surface area (Å²) < 4.78 is 10.5. The van der Waals surface area contributed by atoms with Crippen molar-refractivity contribution in [1.82, 2.24) is 0 Å². The molecule has 0 aromatic heterocycles. The first kappa shape index (κ1) is 19.7. The number of hydrogen-bond donors (Lipinski definition) is 2. The molecule has 1 saturated carbocycles. The number of carbonyl (C=O) groups is 1. The van der Waals surface area contributed by atoms with Crippen LogP contribution in [-0.4, -0.2) is 32.3 Å². The molecule has 5 nitrogen and oxygen atoms in total. The van der Waals surface area contributed by atoms with Gasteiger partial charge in [-0.1, -0.05) is 18.9 Å². The molecule has 0 saturated heterocycles. The molecular formula is C17H27ClN2O3. The molecule has 1 aliphatic carbocycles. The molecule has 1 aliphatic rings. The molecule has 0 aliphatic heterocycles. The summed E-state index contributed by atoms with van der Waals surface area (Å²) in [5.74, 6) is 1.05. The van der Waals surface area contributed by atoms with E-state index in [-0.39, 0.29) is 24.4 Å². The van der Waals surface area contributed by atoms with Crippen LogP contribution in [-0.2, 0) is 9.53 Å². The Morgan fingerprint density at radius 3 is 2.83 bits per heavy atom. The Balaban J connectivity index is 0.00000264. The van der Waals surface area contributed by atoms with Crippen molar-refractivity contribution in [2.24, 2.45) is 11.7 Å². The molecule has 1 fully saturated rings. The number of anilines is 1. The van der Waals surface area contributed by atoms with Crippen molar-refractivity contribution in [3.63, 3.8) is 0 Å². The fourth-order valence-corrected chi connectivity index (χ4v) is 2.85. The first-order chi connectivity index (χ1) is 10.7. The molecule has 6 heteroatoms. The molecule has 23 heavy (non-hydrogen) atoms. The quantitative estimate of drug-likeness (QED) is 0.747. The van der Waals surface area contributed by atoms with Gasteiger partial charge in [-0.2, -0.15) is 0 Å². The number of carbonyl (C=O) groups excluding carboxylic acids is 1. The summed E-state index contributed by atoms with van der Waals surface area (Å²) in [5, 5.41) is 2.93. The van der Waals surface area contributed by atoms with Gasteiger partial charge < -0.3 is 20.5 Å². The average molecular weight is 343 g/mol. The summed E-state index contributed by atoms with van der Waals surface area (Å²) in [5.41, 5.74) is 6.85. The predicted octanol–water partition coefficient (Wildman–Crippen LogP) is 2.98. The summed E-state index contributed by atoms with van der Waals surface area (Å²) in [6.45, 7) is 1.03. The van der Waals surface area contributed by atoms with Gasteiger partial charge in [0.25, 0.3) is 0 Å². The van der Waals surface area contributed by atoms with E-state index in [1.54, 1.807) is 7.11 Å². The summed E-state index contributed by atoms with van der Waals surface area (Å²) >= 11 is 0. The minimum atomic E-state index is 0. The van der Waals surface area contributed by atoms with Crippen LogP contribution in [0, 0.1) is 5.92 Å². The van der Waals surface area contributed by atoms with Gasteiger partial charge in [-0.05, 0) is 30.9 Å². The molecule has 2 unspecified atom stereocenters. The van der Waals surface area contributed by atoms with Crippen molar-refractivity contribution in [2.45, 2.75) is 38.1 Å². The maximum atomic E-state index is 12.2. The second kappa shape index (κ2) is 10.5. The monoisotopic (exact) mass is 342 g/mol. The summed E-state index contributed by atoms with van der Waals surface area (Å²) in [7, 11) is 1.63. The van der Waals surface area contributed by atoms with Gasteiger partial charge in [0, 0.05) is 31.3 Å².